The molecule has 7 nitrogen and oxygen atoms in total. The Kier molecular flexibility index (Phi) is 9.54. The van der Waals surface area contributed by atoms with Crippen LogP contribution in [0.3, 0.4) is 0 Å². The van der Waals surface area contributed by atoms with E-state index in [-0.39, 0.29) is 6.61 Å². The Morgan fingerprint density at radius 1 is 1.03 bits per heavy atom. The van der Waals surface area contributed by atoms with Crippen LogP contribution >= 0.6 is 39.1 Å². The van der Waals surface area contributed by atoms with E-state index in [4.69, 9.17) is 32.7 Å². The lowest BCUT2D eigenvalue weighted by molar-refractivity contribution is -0.136. The molecule has 182 valence electrons. The molecular formula is C25H22BrCl2N3O4. The van der Waals surface area contributed by atoms with E-state index in [0.29, 0.717) is 49.4 Å². The first-order valence-electron chi connectivity index (χ1n) is 10.5. The molecule has 0 aliphatic carbocycles. The highest BCUT2D eigenvalue weighted by Gasteiger charge is 2.16. The highest BCUT2D eigenvalue weighted by molar-refractivity contribution is 9.10. The van der Waals surface area contributed by atoms with Crippen LogP contribution in [-0.4, -0.2) is 24.6 Å². The van der Waals surface area contributed by atoms with Crippen molar-refractivity contribution in [1.29, 1.82) is 0 Å². The Morgan fingerprint density at radius 2 is 1.77 bits per heavy atom. The van der Waals surface area contributed by atoms with Gasteiger partial charge < -0.3 is 14.8 Å². The lowest BCUT2D eigenvalue weighted by atomic mass is 10.2. The van der Waals surface area contributed by atoms with Gasteiger partial charge in [0.2, 0.25) is 0 Å². The number of carbonyl (C=O) groups excluding carboxylic acids is 2. The van der Waals surface area contributed by atoms with E-state index in [1.807, 2.05) is 25.1 Å². The first-order valence-corrected chi connectivity index (χ1v) is 12.1. The molecule has 0 spiro atoms. The zero-order valence-corrected chi connectivity index (χ0v) is 22.0. The fourth-order valence-electron chi connectivity index (χ4n) is 2.97. The number of halogens is 3. The highest BCUT2D eigenvalue weighted by atomic mass is 79.9. The van der Waals surface area contributed by atoms with Crippen molar-refractivity contribution in [1.82, 2.24) is 5.43 Å². The van der Waals surface area contributed by atoms with Crippen LogP contribution in [-0.2, 0) is 16.2 Å². The van der Waals surface area contributed by atoms with Gasteiger partial charge in [0.05, 0.1) is 17.3 Å². The van der Waals surface area contributed by atoms with E-state index in [1.165, 1.54) is 6.21 Å². The normalized spacial score (nSPS) is 10.8. The van der Waals surface area contributed by atoms with Crippen molar-refractivity contribution >= 4 is 62.8 Å². The summed E-state index contributed by atoms with van der Waals surface area (Å²) in [7, 11) is 0. The van der Waals surface area contributed by atoms with E-state index in [1.54, 1.807) is 43.3 Å². The second-order valence-corrected chi connectivity index (χ2v) is 8.88. The van der Waals surface area contributed by atoms with Crippen molar-refractivity contribution in [2.45, 2.75) is 20.5 Å². The van der Waals surface area contributed by atoms with Gasteiger partial charge in [0.1, 0.15) is 6.61 Å². The highest BCUT2D eigenvalue weighted by Crippen LogP contribution is 2.37. The summed E-state index contributed by atoms with van der Waals surface area (Å²) in [5.41, 5.74) is 4.75. The maximum absolute atomic E-state index is 12.2. The van der Waals surface area contributed by atoms with Crippen LogP contribution in [0.1, 0.15) is 23.6 Å². The molecule has 0 radical (unpaired) electrons. The van der Waals surface area contributed by atoms with Crippen molar-refractivity contribution < 1.29 is 19.1 Å². The number of amides is 2. The molecule has 0 atom stereocenters. The minimum Gasteiger partial charge on any atom is -0.490 e. The maximum Gasteiger partial charge on any atom is 0.329 e. The van der Waals surface area contributed by atoms with Crippen LogP contribution in [0, 0.1) is 6.92 Å². The summed E-state index contributed by atoms with van der Waals surface area (Å²) in [6, 6.07) is 15.9. The summed E-state index contributed by atoms with van der Waals surface area (Å²) < 4.78 is 12.3. The SMILES string of the molecule is CCOc1cc(/C=N/NC(=O)C(=O)Nc2cccc(Cl)c2C)cc(Br)c1OCc1ccccc1Cl. The third-order valence-corrected chi connectivity index (χ3v) is 6.13. The summed E-state index contributed by atoms with van der Waals surface area (Å²) in [5, 5.41) is 7.48. The molecule has 0 heterocycles. The number of benzene rings is 3. The molecule has 3 aromatic rings. The van der Waals surface area contributed by atoms with Gasteiger partial charge in [-0.25, -0.2) is 5.43 Å². The number of hydrogen-bond acceptors (Lipinski definition) is 5. The van der Waals surface area contributed by atoms with E-state index >= 15 is 0 Å². The Hall–Kier alpha value is -3.07. The molecule has 0 saturated carbocycles. The second kappa shape index (κ2) is 12.6. The standard InChI is InChI=1S/C25H22BrCl2N3O4/c1-3-34-22-12-16(11-18(26)23(22)35-14-17-7-4-5-8-20(17)28)13-29-31-25(33)24(32)30-21-10-6-9-19(27)15(21)2/h4-13H,3,14H2,1-2H3,(H,30,32)(H,31,33)/b29-13+. The Morgan fingerprint density at radius 3 is 2.51 bits per heavy atom. The molecular weight excluding hydrogens is 557 g/mol. The van der Waals surface area contributed by atoms with Gasteiger partial charge >= 0.3 is 11.8 Å². The Bertz CT molecular complexity index is 1270. The number of nitrogens with one attached hydrogen (secondary N) is 2. The van der Waals surface area contributed by atoms with Gasteiger partial charge in [-0.3, -0.25) is 9.59 Å². The van der Waals surface area contributed by atoms with E-state index in [0.717, 1.165) is 5.56 Å². The van der Waals surface area contributed by atoms with E-state index in [9.17, 15) is 9.59 Å². The van der Waals surface area contributed by atoms with Crippen molar-refractivity contribution in [3.05, 3.63) is 85.8 Å². The molecule has 0 aliphatic rings. The van der Waals surface area contributed by atoms with Crippen LogP contribution in [0.25, 0.3) is 0 Å². The molecule has 0 unspecified atom stereocenters. The van der Waals surface area contributed by atoms with E-state index in [2.05, 4.69) is 31.8 Å². The van der Waals surface area contributed by atoms with Crippen LogP contribution in [0.4, 0.5) is 5.69 Å². The predicted molar refractivity (Wildman–Crippen MR) is 142 cm³/mol. The van der Waals surface area contributed by atoms with Crippen LogP contribution in [0.15, 0.2) is 64.2 Å². The molecule has 0 saturated heterocycles. The van der Waals surface area contributed by atoms with Gasteiger partial charge in [0, 0.05) is 21.3 Å². The Labute approximate surface area is 221 Å². The lowest BCUT2D eigenvalue weighted by Gasteiger charge is -2.15. The predicted octanol–water partition coefficient (Wildman–Crippen LogP) is 6.13. The number of hydrazone groups is 1. The summed E-state index contributed by atoms with van der Waals surface area (Å²) in [4.78, 5) is 24.3. The fourth-order valence-corrected chi connectivity index (χ4v) is 3.91. The van der Waals surface area contributed by atoms with E-state index < -0.39 is 11.8 Å². The fraction of sp³-hybridized carbons (Fsp3) is 0.160. The van der Waals surface area contributed by atoms with Gasteiger partial charge in [0.15, 0.2) is 11.5 Å². The quantitative estimate of drug-likeness (QED) is 0.191. The van der Waals surface area contributed by atoms with Gasteiger partial charge in [-0.15, -0.1) is 0 Å². The summed E-state index contributed by atoms with van der Waals surface area (Å²) in [6.07, 6.45) is 1.39. The molecule has 0 bridgehead atoms. The summed E-state index contributed by atoms with van der Waals surface area (Å²) >= 11 is 15.7. The average Bonchev–Trinajstić information content (AvgIpc) is 2.82. The van der Waals surface area contributed by atoms with Crippen LogP contribution in [0.2, 0.25) is 10.0 Å². The zero-order chi connectivity index (χ0) is 25.4. The zero-order valence-electron chi connectivity index (χ0n) is 18.9. The Balaban J connectivity index is 1.67. The lowest BCUT2D eigenvalue weighted by Crippen LogP contribution is -2.32. The van der Waals surface area contributed by atoms with Crippen LogP contribution in [0.5, 0.6) is 11.5 Å². The van der Waals surface area contributed by atoms with Gasteiger partial charge in [-0.2, -0.15) is 5.10 Å². The second-order valence-electron chi connectivity index (χ2n) is 7.21. The minimum absolute atomic E-state index is 0.253. The smallest absolute Gasteiger partial charge is 0.329 e. The minimum atomic E-state index is -0.926. The van der Waals surface area contributed by atoms with Gasteiger partial charge in [0.25, 0.3) is 0 Å². The molecule has 10 heteroatoms. The third kappa shape index (κ3) is 7.21. The molecule has 0 fully saturated rings. The monoisotopic (exact) mass is 577 g/mol. The van der Waals surface area contributed by atoms with Gasteiger partial charge in [-0.1, -0.05) is 47.5 Å². The largest absolute Gasteiger partial charge is 0.490 e. The molecule has 2 N–H and O–H groups in total. The first kappa shape index (κ1) is 26.5. The topological polar surface area (TPSA) is 89.0 Å². The van der Waals surface area contributed by atoms with Crippen LogP contribution < -0.4 is 20.2 Å². The van der Waals surface area contributed by atoms with Crippen molar-refractivity contribution in [2.24, 2.45) is 5.10 Å². The third-order valence-electron chi connectivity index (χ3n) is 4.76. The molecule has 3 rings (SSSR count). The number of nitrogens with zero attached hydrogens (tertiary/aromatic N) is 1. The summed E-state index contributed by atoms with van der Waals surface area (Å²) in [5.74, 6) is -0.809. The summed E-state index contributed by atoms with van der Waals surface area (Å²) in [6.45, 7) is 4.26. The first-order chi connectivity index (χ1) is 16.8. The number of hydrogen-bond donors (Lipinski definition) is 2. The van der Waals surface area contributed by atoms with Crippen molar-refractivity contribution in [3.63, 3.8) is 0 Å². The molecule has 0 aliphatic heterocycles. The van der Waals surface area contributed by atoms with Crippen molar-refractivity contribution in [2.75, 3.05) is 11.9 Å². The van der Waals surface area contributed by atoms with Crippen molar-refractivity contribution in [3.8, 4) is 11.5 Å². The maximum atomic E-state index is 12.2. The molecule has 3 aromatic carbocycles. The number of rotatable bonds is 8. The average molecular weight is 579 g/mol. The molecule has 35 heavy (non-hydrogen) atoms. The number of carbonyl (C=O) groups is 2. The number of anilines is 1. The molecule has 2 amide bonds. The van der Waals surface area contributed by atoms with Gasteiger partial charge in [-0.05, 0) is 71.2 Å². The number of ether oxygens (including phenoxy) is 2. The molecule has 0 aromatic heterocycles.